The van der Waals surface area contributed by atoms with Gasteiger partial charge in [-0.05, 0) is 34.0 Å². The fraction of sp³-hybridized carbons (Fsp3) is 0.105. The number of halogens is 1. The zero-order valence-corrected chi connectivity index (χ0v) is 15.0. The molecule has 3 heterocycles. The fourth-order valence-corrected chi connectivity index (χ4v) is 3.07. The lowest BCUT2D eigenvalue weighted by Crippen LogP contribution is -2.09. The Labute approximate surface area is 153 Å². The highest BCUT2D eigenvalue weighted by atomic mass is 79.9. The van der Waals surface area contributed by atoms with Gasteiger partial charge in [0.05, 0.1) is 11.9 Å². The molecule has 0 saturated heterocycles. The Morgan fingerprint density at radius 1 is 1.04 bits per heavy atom. The Morgan fingerprint density at radius 3 is 2.72 bits per heavy atom. The van der Waals surface area contributed by atoms with Gasteiger partial charge in [-0.1, -0.05) is 36.4 Å². The minimum Gasteiger partial charge on any atom is -0.367 e. The van der Waals surface area contributed by atoms with Crippen molar-refractivity contribution in [2.45, 2.75) is 6.42 Å². The highest BCUT2D eigenvalue weighted by Gasteiger charge is 2.11. The molecule has 25 heavy (non-hydrogen) atoms. The first kappa shape index (κ1) is 15.8. The zero-order valence-electron chi connectivity index (χ0n) is 13.4. The molecule has 124 valence electrons. The number of fused-ring (bicyclic) bond motifs is 1. The molecule has 0 spiro atoms. The van der Waals surface area contributed by atoms with E-state index < -0.39 is 0 Å². The number of anilines is 1. The lowest BCUT2D eigenvalue weighted by Gasteiger charge is -2.10. The van der Waals surface area contributed by atoms with E-state index >= 15 is 0 Å². The van der Waals surface area contributed by atoms with E-state index in [0.717, 1.165) is 40.3 Å². The van der Waals surface area contributed by atoms with E-state index in [1.54, 1.807) is 12.4 Å². The highest BCUT2D eigenvalue weighted by molar-refractivity contribution is 9.10. The smallest absolute Gasteiger partial charge is 0.181 e. The van der Waals surface area contributed by atoms with Crippen LogP contribution in [0, 0.1) is 0 Å². The van der Waals surface area contributed by atoms with Gasteiger partial charge in [0, 0.05) is 30.7 Å². The van der Waals surface area contributed by atoms with E-state index in [1.165, 1.54) is 5.56 Å². The summed E-state index contributed by atoms with van der Waals surface area (Å²) in [5, 5.41) is 3.42. The Morgan fingerprint density at radius 2 is 1.92 bits per heavy atom. The van der Waals surface area contributed by atoms with Crippen molar-refractivity contribution in [1.29, 1.82) is 0 Å². The van der Waals surface area contributed by atoms with Crippen molar-refractivity contribution in [2.75, 3.05) is 11.9 Å². The van der Waals surface area contributed by atoms with Crippen molar-refractivity contribution < 1.29 is 0 Å². The second kappa shape index (κ2) is 7.03. The van der Waals surface area contributed by atoms with Gasteiger partial charge in [0.2, 0.25) is 0 Å². The van der Waals surface area contributed by atoms with Gasteiger partial charge in [-0.25, -0.2) is 9.97 Å². The third kappa shape index (κ3) is 3.39. The van der Waals surface area contributed by atoms with Gasteiger partial charge in [-0.3, -0.25) is 9.38 Å². The molecule has 0 atom stereocenters. The van der Waals surface area contributed by atoms with Gasteiger partial charge >= 0.3 is 0 Å². The number of hydrogen-bond donors (Lipinski definition) is 1. The summed E-state index contributed by atoms with van der Waals surface area (Å²) in [7, 11) is 0. The number of imidazole rings is 1. The topological polar surface area (TPSA) is 55.1 Å². The molecular formula is C19H16BrN5. The van der Waals surface area contributed by atoms with Gasteiger partial charge in [0.1, 0.15) is 4.60 Å². The molecule has 5 nitrogen and oxygen atoms in total. The molecule has 1 aromatic carbocycles. The van der Waals surface area contributed by atoms with Crippen molar-refractivity contribution in [1.82, 2.24) is 19.4 Å². The van der Waals surface area contributed by atoms with Gasteiger partial charge in [0.15, 0.2) is 11.5 Å². The summed E-state index contributed by atoms with van der Waals surface area (Å²) in [5.74, 6) is 0.774. The van der Waals surface area contributed by atoms with Crippen LogP contribution in [0.5, 0.6) is 0 Å². The molecule has 0 fully saturated rings. The van der Waals surface area contributed by atoms with Crippen LogP contribution < -0.4 is 5.32 Å². The molecule has 6 heteroatoms. The van der Waals surface area contributed by atoms with Crippen molar-refractivity contribution in [2.24, 2.45) is 0 Å². The van der Waals surface area contributed by atoms with Crippen molar-refractivity contribution in [3.8, 4) is 11.3 Å². The molecule has 4 aromatic rings. The van der Waals surface area contributed by atoms with Gasteiger partial charge < -0.3 is 5.32 Å². The van der Waals surface area contributed by atoms with E-state index in [4.69, 9.17) is 4.98 Å². The summed E-state index contributed by atoms with van der Waals surface area (Å²) < 4.78 is 2.90. The number of rotatable bonds is 5. The second-order valence-electron chi connectivity index (χ2n) is 5.65. The summed E-state index contributed by atoms with van der Waals surface area (Å²) in [5.41, 5.74) is 3.96. The first-order chi connectivity index (χ1) is 12.3. The average molecular weight is 394 g/mol. The third-order valence-corrected chi connectivity index (χ3v) is 4.53. The Hall–Kier alpha value is -2.73. The van der Waals surface area contributed by atoms with Crippen LogP contribution in [0.3, 0.4) is 0 Å². The van der Waals surface area contributed by atoms with E-state index in [-0.39, 0.29) is 0 Å². The molecule has 3 aromatic heterocycles. The molecule has 4 rings (SSSR count). The van der Waals surface area contributed by atoms with Crippen LogP contribution in [0.2, 0.25) is 0 Å². The number of hydrogen-bond acceptors (Lipinski definition) is 4. The summed E-state index contributed by atoms with van der Waals surface area (Å²) in [4.78, 5) is 13.4. The highest BCUT2D eigenvalue weighted by Crippen LogP contribution is 2.24. The van der Waals surface area contributed by atoms with Gasteiger partial charge in [0.25, 0.3) is 0 Å². The van der Waals surface area contributed by atoms with Gasteiger partial charge in [-0.2, -0.15) is 0 Å². The van der Waals surface area contributed by atoms with Crippen molar-refractivity contribution >= 4 is 27.4 Å². The van der Waals surface area contributed by atoms with E-state index in [0.29, 0.717) is 0 Å². The number of aromatic nitrogens is 4. The molecule has 0 unspecified atom stereocenters. The van der Waals surface area contributed by atoms with Gasteiger partial charge in [-0.15, -0.1) is 0 Å². The standard InChI is InChI=1S/C19H16BrN5/c20-17-12-23-19-18(22-10-8-14-5-4-9-21-11-14)24-16(13-25(17)19)15-6-2-1-3-7-15/h1-7,9,11-13H,8,10H2,(H,22,24). The summed E-state index contributed by atoms with van der Waals surface area (Å²) >= 11 is 3.55. The van der Waals surface area contributed by atoms with Crippen LogP contribution in [0.25, 0.3) is 16.9 Å². The monoisotopic (exact) mass is 393 g/mol. The first-order valence-corrected chi connectivity index (χ1v) is 8.82. The normalized spacial score (nSPS) is 10.9. The molecule has 0 aliphatic rings. The number of benzene rings is 1. The predicted octanol–water partition coefficient (Wildman–Crippen LogP) is 4.21. The van der Waals surface area contributed by atoms with E-state index in [9.17, 15) is 0 Å². The van der Waals surface area contributed by atoms with Crippen molar-refractivity contribution in [3.63, 3.8) is 0 Å². The molecule has 0 radical (unpaired) electrons. The van der Waals surface area contributed by atoms with Crippen molar-refractivity contribution in [3.05, 3.63) is 77.4 Å². The number of nitrogens with one attached hydrogen (secondary N) is 1. The number of pyridine rings is 1. The number of nitrogens with zero attached hydrogens (tertiary/aromatic N) is 4. The molecule has 0 amide bonds. The Balaban J connectivity index is 1.65. The van der Waals surface area contributed by atoms with Crippen LogP contribution in [0.15, 0.2) is 71.9 Å². The maximum absolute atomic E-state index is 4.78. The molecule has 1 N–H and O–H groups in total. The third-order valence-electron chi connectivity index (χ3n) is 3.95. The molecular weight excluding hydrogens is 378 g/mol. The molecule has 0 aliphatic carbocycles. The van der Waals surface area contributed by atoms with E-state index in [1.807, 2.05) is 41.1 Å². The Kier molecular flexibility index (Phi) is 4.43. The predicted molar refractivity (Wildman–Crippen MR) is 103 cm³/mol. The lowest BCUT2D eigenvalue weighted by molar-refractivity contribution is 0.987. The van der Waals surface area contributed by atoms with E-state index in [2.05, 4.69) is 49.4 Å². The van der Waals surface area contributed by atoms with Crippen LogP contribution in [-0.2, 0) is 6.42 Å². The van der Waals surface area contributed by atoms with Crippen LogP contribution in [0.1, 0.15) is 5.56 Å². The molecule has 0 bridgehead atoms. The minimum atomic E-state index is 0.761. The largest absolute Gasteiger partial charge is 0.367 e. The average Bonchev–Trinajstić information content (AvgIpc) is 3.04. The summed E-state index contributed by atoms with van der Waals surface area (Å²) in [6.45, 7) is 0.761. The lowest BCUT2D eigenvalue weighted by atomic mass is 10.2. The fourth-order valence-electron chi connectivity index (χ4n) is 2.70. The maximum Gasteiger partial charge on any atom is 0.181 e. The Bertz CT molecular complexity index is 983. The molecule has 0 saturated carbocycles. The quantitative estimate of drug-likeness (QED) is 0.551. The molecule has 0 aliphatic heterocycles. The summed E-state index contributed by atoms with van der Waals surface area (Å²) in [6, 6.07) is 14.2. The first-order valence-electron chi connectivity index (χ1n) is 8.03. The van der Waals surface area contributed by atoms with Crippen LogP contribution >= 0.6 is 15.9 Å². The SMILES string of the molecule is Brc1cnc2c(NCCc3cccnc3)nc(-c3ccccc3)cn12. The second-order valence-corrected chi connectivity index (χ2v) is 6.47. The summed E-state index contributed by atoms with van der Waals surface area (Å²) in [6.07, 6.45) is 8.33. The van der Waals surface area contributed by atoms with Crippen LogP contribution in [-0.4, -0.2) is 25.9 Å². The zero-order chi connectivity index (χ0) is 17.1. The van der Waals surface area contributed by atoms with Crippen LogP contribution in [0.4, 0.5) is 5.82 Å². The minimum absolute atomic E-state index is 0.761. The maximum atomic E-state index is 4.78.